The van der Waals surface area contributed by atoms with Crippen molar-refractivity contribution in [2.45, 2.75) is 20.4 Å². The minimum absolute atomic E-state index is 0.813. The maximum atomic E-state index is 5.94. The number of hydrogen-bond donors (Lipinski definition) is 2. The van der Waals surface area contributed by atoms with E-state index in [9.17, 15) is 0 Å². The zero-order chi connectivity index (χ0) is 11.5. The topological polar surface area (TPSA) is 38.0 Å². The van der Waals surface area contributed by atoms with Gasteiger partial charge in [-0.2, -0.15) is 11.3 Å². The third kappa shape index (κ3) is 2.19. The van der Waals surface area contributed by atoms with Gasteiger partial charge in [0.1, 0.15) is 0 Å². The lowest BCUT2D eigenvalue weighted by Crippen LogP contribution is -2.04. The molecule has 2 aromatic rings. The second-order valence-electron chi connectivity index (χ2n) is 3.97. The Morgan fingerprint density at radius 3 is 2.62 bits per heavy atom. The van der Waals surface area contributed by atoms with Crippen molar-refractivity contribution >= 4 is 22.7 Å². The summed E-state index contributed by atoms with van der Waals surface area (Å²) >= 11 is 1.74. The monoisotopic (exact) mass is 232 g/mol. The van der Waals surface area contributed by atoms with Gasteiger partial charge >= 0.3 is 0 Å². The molecule has 3 N–H and O–H groups in total. The highest BCUT2D eigenvalue weighted by atomic mass is 32.1. The summed E-state index contributed by atoms with van der Waals surface area (Å²) in [6.45, 7) is 5.04. The van der Waals surface area contributed by atoms with Crippen LogP contribution in [-0.4, -0.2) is 0 Å². The quantitative estimate of drug-likeness (QED) is 0.794. The van der Waals surface area contributed by atoms with E-state index in [1.54, 1.807) is 11.3 Å². The molecule has 0 fully saturated rings. The van der Waals surface area contributed by atoms with Crippen molar-refractivity contribution in [3.05, 3.63) is 45.6 Å². The van der Waals surface area contributed by atoms with Crippen molar-refractivity contribution in [1.82, 2.24) is 0 Å². The Labute approximate surface area is 100 Å². The van der Waals surface area contributed by atoms with Gasteiger partial charge in [0, 0.05) is 6.54 Å². The number of nitrogen functional groups attached to an aromatic ring is 1. The summed E-state index contributed by atoms with van der Waals surface area (Å²) in [6, 6.07) is 5.97. The predicted octanol–water partition coefficient (Wildman–Crippen LogP) is 3.56. The average Bonchev–Trinajstić information content (AvgIpc) is 2.64. The van der Waals surface area contributed by atoms with Crippen LogP contribution in [0.1, 0.15) is 16.7 Å². The predicted molar refractivity (Wildman–Crippen MR) is 72.0 cm³/mol. The van der Waals surface area contributed by atoms with Crippen LogP contribution in [-0.2, 0) is 6.54 Å². The van der Waals surface area contributed by atoms with Crippen LogP contribution in [0.5, 0.6) is 0 Å². The van der Waals surface area contributed by atoms with Crippen molar-refractivity contribution in [3.63, 3.8) is 0 Å². The van der Waals surface area contributed by atoms with E-state index in [0.717, 1.165) is 17.9 Å². The Kier molecular flexibility index (Phi) is 3.15. The summed E-state index contributed by atoms with van der Waals surface area (Å²) in [5.74, 6) is 0. The number of nitrogens with one attached hydrogen (secondary N) is 1. The Bertz CT molecular complexity index is 468. The van der Waals surface area contributed by atoms with Gasteiger partial charge in [-0.1, -0.05) is 12.1 Å². The first-order valence-electron chi connectivity index (χ1n) is 5.29. The van der Waals surface area contributed by atoms with Gasteiger partial charge in [0.05, 0.1) is 11.4 Å². The Balaban J connectivity index is 2.14. The first-order chi connectivity index (χ1) is 7.68. The molecule has 3 heteroatoms. The van der Waals surface area contributed by atoms with Crippen molar-refractivity contribution in [2.75, 3.05) is 11.1 Å². The van der Waals surface area contributed by atoms with Crippen molar-refractivity contribution in [2.24, 2.45) is 0 Å². The van der Waals surface area contributed by atoms with Gasteiger partial charge in [0.25, 0.3) is 0 Å². The minimum Gasteiger partial charge on any atom is -0.397 e. The van der Waals surface area contributed by atoms with E-state index in [1.807, 2.05) is 12.1 Å². The van der Waals surface area contributed by atoms with Gasteiger partial charge < -0.3 is 11.1 Å². The molecule has 0 saturated heterocycles. The van der Waals surface area contributed by atoms with E-state index >= 15 is 0 Å². The first kappa shape index (κ1) is 11.0. The molecule has 0 atom stereocenters. The molecule has 2 rings (SSSR count). The summed E-state index contributed by atoms with van der Waals surface area (Å²) in [4.78, 5) is 0. The number of rotatable bonds is 3. The maximum Gasteiger partial charge on any atom is 0.0606 e. The molecule has 1 heterocycles. The number of thiophene rings is 1. The zero-order valence-corrected chi connectivity index (χ0v) is 10.4. The minimum atomic E-state index is 0.813. The van der Waals surface area contributed by atoms with Gasteiger partial charge in [0.2, 0.25) is 0 Å². The molecular weight excluding hydrogens is 216 g/mol. The lowest BCUT2D eigenvalue weighted by atomic mass is 10.1. The Morgan fingerprint density at radius 1 is 1.19 bits per heavy atom. The summed E-state index contributed by atoms with van der Waals surface area (Å²) in [7, 11) is 0. The maximum absolute atomic E-state index is 5.94. The number of para-hydroxylation sites is 1. The van der Waals surface area contributed by atoms with E-state index in [0.29, 0.717) is 0 Å². The van der Waals surface area contributed by atoms with Gasteiger partial charge in [-0.15, -0.1) is 0 Å². The van der Waals surface area contributed by atoms with Crippen LogP contribution < -0.4 is 11.1 Å². The third-order valence-electron chi connectivity index (χ3n) is 2.72. The van der Waals surface area contributed by atoms with E-state index < -0.39 is 0 Å². The molecular formula is C13H16N2S. The van der Waals surface area contributed by atoms with Crippen molar-refractivity contribution in [1.29, 1.82) is 0 Å². The highest BCUT2D eigenvalue weighted by molar-refractivity contribution is 7.08. The number of nitrogens with two attached hydrogens (primary N) is 1. The molecule has 0 aliphatic rings. The van der Waals surface area contributed by atoms with Crippen molar-refractivity contribution in [3.8, 4) is 0 Å². The largest absolute Gasteiger partial charge is 0.397 e. The van der Waals surface area contributed by atoms with Crippen LogP contribution >= 0.6 is 11.3 Å². The highest BCUT2D eigenvalue weighted by Gasteiger charge is 2.03. The summed E-state index contributed by atoms with van der Waals surface area (Å²) < 4.78 is 0. The van der Waals surface area contributed by atoms with Crippen LogP contribution in [0.15, 0.2) is 29.0 Å². The summed E-state index contributed by atoms with van der Waals surface area (Å²) in [5.41, 5.74) is 11.7. The van der Waals surface area contributed by atoms with Gasteiger partial charge in [-0.05, 0) is 47.4 Å². The standard InChI is InChI=1S/C13H16N2S/c1-9-4-3-5-12(14)13(9)15-6-11-8-16-7-10(11)2/h3-5,7-8,15H,6,14H2,1-2H3. The SMILES string of the molecule is Cc1cscc1CNc1c(C)cccc1N. The van der Waals surface area contributed by atoms with Crippen molar-refractivity contribution < 1.29 is 0 Å². The number of hydrogen-bond acceptors (Lipinski definition) is 3. The fraction of sp³-hybridized carbons (Fsp3) is 0.231. The second-order valence-corrected chi connectivity index (χ2v) is 4.72. The van der Waals surface area contributed by atoms with E-state index in [-0.39, 0.29) is 0 Å². The van der Waals surface area contributed by atoms with Crippen LogP contribution in [0.25, 0.3) is 0 Å². The van der Waals surface area contributed by atoms with Gasteiger partial charge in [-0.25, -0.2) is 0 Å². The molecule has 0 radical (unpaired) electrons. The number of benzene rings is 1. The third-order valence-corrected chi connectivity index (χ3v) is 3.63. The molecule has 84 valence electrons. The normalized spacial score (nSPS) is 10.4. The molecule has 0 aliphatic carbocycles. The summed E-state index contributed by atoms with van der Waals surface area (Å²) in [5, 5.41) is 7.75. The van der Waals surface area contributed by atoms with Crippen LogP contribution in [0.3, 0.4) is 0 Å². The van der Waals surface area contributed by atoms with Crippen LogP contribution in [0.4, 0.5) is 11.4 Å². The molecule has 0 spiro atoms. The van der Waals surface area contributed by atoms with Crippen LogP contribution in [0.2, 0.25) is 0 Å². The molecule has 1 aromatic heterocycles. The molecule has 0 unspecified atom stereocenters. The molecule has 0 amide bonds. The lowest BCUT2D eigenvalue weighted by Gasteiger charge is -2.12. The van der Waals surface area contributed by atoms with Gasteiger partial charge in [-0.3, -0.25) is 0 Å². The second kappa shape index (κ2) is 4.58. The highest BCUT2D eigenvalue weighted by Crippen LogP contribution is 2.24. The lowest BCUT2D eigenvalue weighted by molar-refractivity contribution is 1.13. The van der Waals surface area contributed by atoms with E-state index in [4.69, 9.17) is 5.73 Å². The smallest absolute Gasteiger partial charge is 0.0606 e. The number of aryl methyl sites for hydroxylation is 2. The average molecular weight is 232 g/mol. The first-order valence-corrected chi connectivity index (χ1v) is 6.23. The molecule has 16 heavy (non-hydrogen) atoms. The molecule has 2 nitrogen and oxygen atoms in total. The van der Waals surface area contributed by atoms with E-state index in [2.05, 4.69) is 36.0 Å². The summed E-state index contributed by atoms with van der Waals surface area (Å²) in [6.07, 6.45) is 0. The van der Waals surface area contributed by atoms with Crippen LogP contribution in [0, 0.1) is 13.8 Å². The fourth-order valence-corrected chi connectivity index (χ4v) is 2.54. The molecule has 0 bridgehead atoms. The zero-order valence-electron chi connectivity index (χ0n) is 9.58. The molecule has 0 saturated carbocycles. The fourth-order valence-electron chi connectivity index (χ4n) is 1.68. The molecule has 0 aliphatic heterocycles. The number of anilines is 2. The van der Waals surface area contributed by atoms with E-state index in [1.165, 1.54) is 16.7 Å². The Hall–Kier alpha value is -1.48. The molecule has 1 aromatic carbocycles. The Morgan fingerprint density at radius 2 is 2.00 bits per heavy atom. The van der Waals surface area contributed by atoms with Gasteiger partial charge in [0.15, 0.2) is 0 Å².